The molecule has 0 aliphatic heterocycles. The Bertz CT molecular complexity index is 485. The molecule has 0 radical (unpaired) electrons. The van der Waals surface area contributed by atoms with Gasteiger partial charge in [-0.3, -0.25) is 0 Å². The van der Waals surface area contributed by atoms with E-state index in [1.165, 1.54) is 5.56 Å². The Labute approximate surface area is 106 Å². The fraction of sp³-hybridized carbons (Fsp3) is 0.143. The number of hydrogen-bond acceptors (Lipinski definition) is 2. The Balaban J connectivity index is 1.90. The van der Waals surface area contributed by atoms with Crippen LogP contribution >= 0.6 is 11.6 Å². The maximum atomic E-state index is 5.81. The standard InChI is InChI=1S/C14H14ClNO/c15-12-6-7-14(13(16)10-12)17-9-8-11-4-2-1-3-5-11/h1-7,10H,8-9,16H2. The first-order valence-corrected chi connectivity index (χ1v) is 5.85. The van der Waals surface area contributed by atoms with Crippen molar-refractivity contribution in [2.24, 2.45) is 0 Å². The molecular formula is C14H14ClNO. The quantitative estimate of drug-likeness (QED) is 0.839. The van der Waals surface area contributed by atoms with E-state index in [0.29, 0.717) is 23.1 Å². The molecule has 2 aromatic carbocycles. The van der Waals surface area contributed by atoms with Crippen LogP contribution in [0.25, 0.3) is 0 Å². The predicted molar refractivity (Wildman–Crippen MR) is 71.5 cm³/mol. The number of hydrogen-bond donors (Lipinski definition) is 1. The first kappa shape index (κ1) is 11.8. The van der Waals surface area contributed by atoms with Crippen LogP contribution in [0.15, 0.2) is 48.5 Å². The molecule has 17 heavy (non-hydrogen) atoms. The van der Waals surface area contributed by atoms with Gasteiger partial charge in [-0.15, -0.1) is 0 Å². The van der Waals surface area contributed by atoms with Gasteiger partial charge in [-0.1, -0.05) is 41.9 Å². The van der Waals surface area contributed by atoms with Crippen LogP contribution in [-0.4, -0.2) is 6.61 Å². The molecular weight excluding hydrogens is 234 g/mol. The number of anilines is 1. The number of ether oxygens (including phenoxy) is 1. The highest BCUT2D eigenvalue weighted by molar-refractivity contribution is 6.30. The van der Waals surface area contributed by atoms with E-state index >= 15 is 0 Å². The topological polar surface area (TPSA) is 35.2 Å². The highest BCUT2D eigenvalue weighted by Crippen LogP contribution is 2.24. The molecule has 3 heteroatoms. The van der Waals surface area contributed by atoms with Crippen LogP contribution in [-0.2, 0) is 6.42 Å². The first-order chi connectivity index (χ1) is 8.25. The van der Waals surface area contributed by atoms with Gasteiger partial charge in [-0.25, -0.2) is 0 Å². The number of nitrogen functional groups attached to an aromatic ring is 1. The monoisotopic (exact) mass is 247 g/mol. The van der Waals surface area contributed by atoms with Gasteiger partial charge in [-0.05, 0) is 23.8 Å². The van der Waals surface area contributed by atoms with E-state index < -0.39 is 0 Å². The Kier molecular flexibility index (Phi) is 3.89. The smallest absolute Gasteiger partial charge is 0.142 e. The summed E-state index contributed by atoms with van der Waals surface area (Å²) in [4.78, 5) is 0. The van der Waals surface area contributed by atoms with E-state index in [4.69, 9.17) is 22.1 Å². The molecule has 2 nitrogen and oxygen atoms in total. The average Bonchev–Trinajstić information content (AvgIpc) is 2.33. The fourth-order valence-corrected chi connectivity index (χ4v) is 1.75. The Hall–Kier alpha value is -1.67. The van der Waals surface area contributed by atoms with E-state index in [-0.39, 0.29) is 0 Å². The summed E-state index contributed by atoms with van der Waals surface area (Å²) < 4.78 is 5.61. The van der Waals surface area contributed by atoms with Gasteiger partial charge in [0.15, 0.2) is 0 Å². The van der Waals surface area contributed by atoms with Gasteiger partial charge in [0.1, 0.15) is 5.75 Å². The largest absolute Gasteiger partial charge is 0.491 e. The number of rotatable bonds is 4. The third kappa shape index (κ3) is 3.40. The molecule has 0 heterocycles. The molecule has 2 rings (SSSR count). The van der Waals surface area contributed by atoms with Gasteiger partial charge in [-0.2, -0.15) is 0 Å². The summed E-state index contributed by atoms with van der Waals surface area (Å²) in [6.45, 7) is 0.607. The van der Waals surface area contributed by atoms with Crippen molar-refractivity contribution >= 4 is 17.3 Å². The van der Waals surface area contributed by atoms with Crippen LogP contribution in [0.2, 0.25) is 5.02 Å². The van der Waals surface area contributed by atoms with Crippen LogP contribution in [0, 0.1) is 0 Å². The highest BCUT2D eigenvalue weighted by atomic mass is 35.5. The van der Waals surface area contributed by atoms with Gasteiger partial charge in [0, 0.05) is 11.4 Å². The lowest BCUT2D eigenvalue weighted by Crippen LogP contribution is -2.03. The lowest BCUT2D eigenvalue weighted by molar-refractivity contribution is 0.323. The predicted octanol–water partition coefficient (Wildman–Crippen LogP) is 3.54. The van der Waals surface area contributed by atoms with Crippen LogP contribution in [0.4, 0.5) is 5.69 Å². The van der Waals surface area contributed by atoms with Crippen LogP contribution in [0.5, 0.6) is 5.75 Å². The number of nitrogens with two attached hydrogens (primary N) is 1. The van der Waals surface area contributed by atoms with Gasteiger partial charge in [0.2, 0.25) is 0 Å². The number of benzene rings is 2. The van der Waals surface area contributed by atoms with E-state index in [9.17, 15) is 0 Å². The van der Waals surface area contributed by atoms with Crippen molar-refractivity contribution in [1.82, 2.24) is 0 Å². The molecule has 0 saturated heterocycles. The lowest BCUT2D eigenvalue weighted by Gasteiger charge is -2.08. The SMILES string of the molecule is Nc1cc(Cl)ccc1OCCc1ccccc1. The summed E-state index contributed by atoms with van der Waals surface area (Å²) >= 11 is 5.81. The Morgan fingerprint density at radius 2 is 1.82 bits per heavy atom. The maximum absolute atomic E-state index is 5.81. The van der Waals surface area contributed by atoms with Gasteiger partial charge < -0.3 is 10.5 Å². The number of halogens is 1. The maximum Gasteiger partial charge on any atom is 0.142 e. The molecule has 0 saturated carbocycles. The minimum atomic E-state index is 0.575. The van der Waals surface area contributed by atoms with E-state index in [2.05, 4.69) is 12.1 Å². The molecule has 0 amide bonds. The summed E-state index contributed by atoms with van der Waals surface area (Å²) in [6, 6.07) is 15.5. The zero-order chi connectivity index (χ0) is 12.1. The van der Waals surface area contributed by atoms with Gasteiger partial charge in [0.25, 0.3) is 0 Å². The van der Waals surface area contributed by atoms with Crippen molar-refractivity contribution in [2.45, 2.75) is 6.42 Å². The molecule has 0 atom stereocenters. The Morgan fingerprint density at radius 3 is 2.53 bits per heavy atom. The summed E-state index contributed by atoms with van der Waals surface area (Å²) in [5.41, 5.74) is 7.62. The second-order valence-electron chi connectivity index (χ2n) is 3.77. The van der Waals surface area contributed by atoms with Crippen molar-refractivity contribution in [3.8, 4) is 5.75 Å². The molecule has 0 spiro atoms. The first-order valence-electron chi connectivity index (χ1n) is 5.47. The summed E-state index contributed by atoms with van der Waals surface area (Å²) in [5.74, 6) is 0.685. The minimum Gasteiger partial charge on any atom is -0.491 e. The van der Waals surface area contributed by atoms with Gasteiger partial charge in [0.05, 0.1) is 12.3 Å². The third-order valence-electron chi connectivity index (χ3n) is 2.46. The summed E-state index contributed by atoms with van der Waals surface area (Å²) in [7, 11) is 0. The molecule has 0 fully saturated rings. The molecule has 0 aliphatic carbocycles. The molecule has 88 valence electrons. The lowest BCUT2D eigenvalue weighted by atomic mass is 10.2. The molecule has 0 aromatic heterocycles. The van der Waals surface area contributed by atoms with E-state index in [1.807, 2.05) is 18.2 Å². The fourth-order valence-electron chi connectivity index (χ4n) is 1.57. The minimum absolute atomic E-state index is 0.575. The second-order valence-corrected chi connectivity index (χ2v) is 4.20. The summed E-state index contributed by atoms with van der Waals surface area (Å²) in [5, 5.41) is 0.623. The molecule has 0 unspecified atom stereocenters. The van der Waals surface area contributed by atoms with E-state index in [1.54, 1.807) is 18.2 Å². The van der Waals surface area contributed by atoms with Crippen molar-refractivity contribution in [3.05, 3.63) is 59.1 Å². The van der Waals surface area contributed by atoms with Gasteiger partial charge >= 0.3 is 0 Å². The average molecular weight is 248 g/mol. The van der Waals surface area contributed by atoms with Crippen LogP contribution in [0.3, 0.4) is 0 Å². The van der Waals surface area contributed by atoms with Crippen molar-refractivity contribution in [3.63, 3.8) is 0 Å². The van der Waals surface area contributed by atoms with Crippen molar-refractivity contribution < 1.29 is 4.74 Å². The third-order valence-corrected chi connectivity index (χ3v) is 2.70. The zero-order valence-electron chi connectivity index (χ0n) is 9.40. The van der Waals surface area contributed by atoms with Crippen LogP contribution in [0.1, 0.15) is 5.56 Å². The van der Waals surface area contributed by atoms with Crippen molar-refractivity contribution in [1.29, 1.82) is 0 Å². The Morgan fingerprint density at radius 1 is 1.06 bits per heavy atom. The second kappa shape index (κ2) is 5.60. The highest BCUT2D eigenvalue weighted by Gasteiger charge is 2.01. The normalized spacial score (nSPS) is 10.2. The molecule has 0 aliphatic rings. The summed E-state index contributed by atoms with van der Waals surface area (Å²) in [6.07, 6.45) is 0.864. The molecule has 0 bridgehead atoms. The molecule has 2 N–H and O–H groups in total. The van der Waals surface area contributed by atoms with Crippen LogP contribution < -0.4 is 10.5 Å². The zero-order valence-corrected chi connectivity index (χ0v) is 10.2. The molecule has 2 aromatic rings. The van der Waals surface area contributed by atoms with Crippen molar-refractivity contribution in [2.75, 3.05) is 12.3 Å². The van der Waals surface area contributed by atoms with E-state index in [0.717, 1.165) is 6.42 Å².